The molecule has 1 aliphatic rings. The zero-order valence-electron chi connectivity index (χ0n) is 14.1. The predicted octanol–water partition coefficient (Wildman–Crippen LogP) is 1.67. The minimum Gasteiger partial charge on any atom is -0.378 e. The number of carbonyl (C=O) groups is 1. The van der Waals surface area contributed by atoms with Crippen LogP contribution in [0.15, 0.2) is 24.3 Å². The number of morpholine rings is 1. The Bertz CT molecular complexity index is 902. The molecule has 2 heterocycles. The number of rotatable bonds is 4. The van der Waals surface area contributed by atoms with Gasteiger partial charge in [0.1, 0.15) is 11.9 Å². The largest absolute Gasteiger partial charge is 0.378 e. The third-order valence-electron chi connectivity index (χ3n) is 4.18. The molecule has 1 aromatic heterocycles. The van der Waals surface area contributed by atoms with Crippen LogP contribution in [-0.4, -0.2) is 53.1 Å². The Labute approximate surface area is 149 Å². The van der Waals surface area contributed by atoms with E-state index in [4.69, 9.17) is 4.74 Å². The Balaban J connectivity index is 1.86. The van der Waals surface area contributed by atoms with Crippen LogP contribution in [0.5, 0.6) is 0 Å². The van der Waals surface area contributed by atoms with E-state index in [9.17, 15) is 20.2 Å². The summed E-state index contributed by atoms with van der Waals surface area (Å²) in [4.78, 5) is 29.0. The van der Waals surface area contributed by atoms with Gasteiger partial charge in [-0.1, -0.05) is 0 Å². The number of anilines is 1. The molecule has 0 aliphatic carbocycles. The fraction of sp³-hybridized carbons (Fsp3) is 0.353. The molecule has 1 unspecified atom stereocenters. The zero-order chi connectivity index (χ0) is 18.7. The van der Waals surface area contributed by atoms with Crippen LogP contribution in [0.25, 0.3) is 10.9 Å². The van der Waals surface area contributed by atoms with E-state index in [1.165, 1.54) is 24.3 Å². The van der Waals surface area contributed by atoms with Crippen molar-refractivity contribution in [1.82, 2.24) is 9.88 Å². The minimum absolute atomic E-state index is 0.0718. The molecule has 1 atom stereocenters. The maximum atomic E-state index is 12.5. The summed E-state index contributed by atoms with van der Waals surface area (Å²) in [6.07, 6.45) is 0. The molecule has 9 nitrogen and oxygen atoms in total. The normalized spacial score (nSPS) is 15.3. The van der Waals surface area contributed by atoms with E-state index in [-0.39, 0.29) is 17.2 Å². The molecular weight excluding hydrogens is 338 g/mol. The van der Waals surface area contributed by atoms with Gasteiger partial charge >= 0.3 is 0 Å². The summed E-state index contributed by atoms with van der Waals surface area (Å²) in [5.41, 5.74) is 0.600. The van der Waals surface area contributed by atoms with Crippen LogP contribution in [0.3, 0.4) is 0 Å². The van der Waals surface area contributed by atoms with Gasteiger partial charge in [0, 0.05) is 30.6 Å². The SMILES string of the molecule is CC(Nc1cc(C#N)c2cc([N+](=O)[O-])ccc2n1)C(=O)N1CCOCC1. The van der Waals surface area contributed by atoms with Crippen molar-refractivity contribution in [2.75, 3.05) is 31.6 Å². The van der Waals surface area contributed by atoms with Gasteiger partial charge in [-0.2, -0.15) is 5.26 Å². The summed E-state index contributed by atoms with van der Waals surface area (Å²) in [5, 5.41) is 23.7. The smallest absolute Gasteiger partial charge is 0.270 e. The van der Waals surface area contributed by atoms with Crippen molar-refractivity contribution in [1.29, 1.82) is 5.26 Å². The van der Waals surface area contributed by atoms with Crippen LogP contribution in [0, 0.1) is 21.4 Å². The van der Waals surface area contributed by atoms with Crippen molar-refractivity contribution in [3.63, 3.8) is 0 Å². The molecule has 0 bridgehead atoms. The molecule has 1 fully saturated rings. The van der Waals surface area contributed by atoms with Crippen molar-refractivity contribution in [3.05, 3.63) is 39.9 Å². The summed E-state index contributed by atoms with van der Waals surface area (Å²) >= 11 is 0. The lowest BCUT2D eigenvalue weighted by Gasteiger charge is -2.29. The van der Waals surface area contributed by atoms with Gasteiger partial charge in [0.2, 0.25) is 5.91 Å². The minimum atomic E-state index is -0.525. The van der Waals surface area contributed by atoms with Gasteiger partial charge in [0.25, 0.3) is 5.69 Å². The zero-order valence-corrected chi connectivity index (χ0v) is 14.1. The van der Waals surface area contributed by atoms with Crippen LogP contribution in [0.2, 0.25) is 0 Å². The van der Waals surface area contributed by atoms with E-state index in [2.05, 4.69) is 10.3 Å². The predicted molar refractivity (Wildman–Crippen MR) is 93.6 cm³/mol. The van der Waals surface area contributed by atoms with Crippen LogP contribution in [0.1, 0.15) is 12.5 Å². The molecule has 1 saturated heterocycles. The molecule has 134 valence electrons. The quantitative estimate of drug-likeness (QED) is 0.654. The summed E-state index contributed by atoms with van der Waals surface area (Å²) < 4.78 is 5.24. The number of nitrogens with one attached hydrogen (secondary N) is 1. The number of benzene rings is 1. The number of fused-ring (bicyclic) bond motifs is 1. The molecule has 9 heteroatoms. The molecule has 1 N–H and O–H groups in total. The number of non-ortho nitro benzene ring substituents is 1. The second kappa shape index (κ2) is 7.33. The average molecular weight is 355 g/mol. The van der Waals surface area contributed by atoms with Crippen LogP contribution >= 0.6 is 0 Å². The number of hydrogen-bond acceptors (Lipinski definition) is 7. The second-order valence-electron chi connectivity index (χ2n) is 5.93. The van der Waals surface area contributed by atoms with E-state index < -0.39 is 11.0 Å². The standard InChI is InChI=1S/C17H17N5O4/c1-11(17(23)21-4-6-26-7-5-21)19-16-8-12(10-18)14-9-13(22(24)25)2-3-15(14)20-16/h2-3,8-9,11H,4-7H2,1H3,(H,19,20). The Hall–Kier alpha value is -3.25. The second-order valence-corrected chi connectivity index (χ2v) is 5.93. The first kappa shape index (κ1) is 17.6. The molecular formula is C17H17N5O4. The molecule has 0 radical (unpaired) electrons. The number of aromatic nitrogens is 1. The molecule has 1 aliphatic heterocycles. The van der Waals surface area contributed by atoms with Gasteiger partial charge < -0.3 is 15.0 Å². The van der Waals surface area contributed by atoms with Crippen LogP contribution in [0.4, 0.5) is 11.5 Å². The maximum Gasteiger partial charge on any atom is 0.270 e. The molecule has 26 heavy (non-hydrogen) atoms. The van der Waals surface area contributed by atoms with E-state index in [0.717, 1.165) is 0 Å². The lowest BCUT2D eigenvalue weighted by atomic mass is 10.1. The number of nitrogens with zero attached hydrogens (tertiary/aromatic N) is 4. The average Bonchev–Trinajstić information content (AvgIpc) is 2.66. The van der Waals surface area contributed by atoms with Gasteiger partial charge in [0.15, 0.2) is 0 Å². The first-order chi connectivity index (χ1) is 12.5. The van der Waals surface area contributed by atoms with Gasteiger partial charge in [-0.3, -0.25) is 14.9 Å². The number of amides is 1. The summed E-state index contributed by atoms with van der Waals surface area (Å²) in [6, 6.07) is 7.15. The number of nitro groups is 1. The van der Waals surface area contributed by atoms with Gasteiger partial charge in [-0.15, -0.1) is 0 Å². The first-order valence-electron chi connectivity index (χ1n) is 8.12. The Morgan fingerprint density at radius 3 is 2.81 bits per heavy atom. The number of carbonyl (C=O) groups excluding carboxylic acids is 1. The molecule has 2 aromatic rings. The number of ether oxygens (including phenoxy) is 1. The van der Waals surface area contributed by atoms with E-state index in [1.54, 1.807) is 11.8 Å². The van der Waals surface area contributed by atoms with Gasteiger partial charge in [-0.05, 0) is 19.1 Å². The van der Waals surface area contributed by atoms with Crippen molar-refractivity contribution in [2.24, 2.45) is 0 Å². The third kappa shape index (κ3) is 3.55. The highest BCUT2D eigenvalue weighted by atomic mass is 16.6. The van der Waals surface area contributed by atoms with Crippen molar-refractivity contribution < 1.29 is 14.5 Å². The van der Waals surface area contributed by atoms with Crippen molar-refractivity contribution in [3.8, 4) is 6.07 Å². The highest BCUT2D eigenvalue weighted by Crippen LogP contribution is 2.25. The van der Waals surface area contributed by atoms with E-state index >= 15 is 0 Å². The molecule has 0 spiro atoms. The lowest BCUT2D eigenvalue weighted by molar-refractivity contribution is -0.384. The lowest BCUT2D eigenvalue weighted by Crippen LogP contribution is -2.47. The van der Waals surface area contributed by atoms with Gasteiger partial charge in [0.05, 0.1) is 35.3 Å². The van der Waals surface area contributed by atoms with Crippen molar-refractivity contribution in [2.45, 2.75) is 13.0 Å². The third-order valence-corrected chi connectivity index (χ3v) is 4.18. The maximum absolute atomic E-state index is 12.5. The summed E-state index contributed by atoms with van der Waals surface area (Å²) in [7, 11) is 0. The fourth-order valence-corrected chi connectivity index (χ4v) is 2.83. The fourth-order valence-electron chi connectivity index (χ4n) is 2.83. The highest BCUT2D eigenvalue weighted by molar-refractivity contribution is 5.89. The molecule has 0 saturated carbocycles. The van der Waals surface area contributed by atoms with E-state index in [0.29, 0.717) is 43.0 Å². The molecule has 1 amide bonds. The molecule has 1 aromatic carbocycles. The molecule has 3 rings (SSSR count). The number of hydrogen-bond donors (Lipinski definition) is 1. The number of nitro benzene ring substituents is 1. The Morgan fingerprint density at radius 1 is 1.42 bits per heavy atom. The topological polar surface area (TPSA) is 121 Å². The Kier molecular flexibility index (Phi) is 4.95. The van der Waals surface area contributed by atoms with Crippen LogP contribution < -0.4 is 5.32 Å². The highest BCUT2D eigenvalue weighted by Gasteiger charge is 2.23. The van der Waals surface area contributed by atoms with Crippen LogP contribution in [-0.2, 0) is 9.53 Å². The van der Waals surface area contributed by atoms with Crippen molar-refractivity contribution >= 4 is 28.3 Å². The number of pyridine rings is 1. The van der Waals surface area contributed by atoms with Gasteiger partial charge in [-0.25, -0.2) is 4.98 Å². The summed E-state index contributed by atoms with van der Waals surface area (Å²) in [6.45, 7) is 3.85. The first-order valence-corrected chi connectivity index (χ1v) is 8.12. The van der Waals surface area contributed by atoms with E-state index in [1.807, 2.05) is 6.07 Å². The Morgan fingerprint density at radius 2 is 2.15 bits per heavy atom. The summed E-state index contributed by atoms with van der Waals surface area (Å²) in [5.74, 6) is 0.300. The monoisotopic (exact) mass is 355 g/mol. The number of nitriles is 1.